The number of carbonyl (C=O) groups is 1. The molecule has 1 rings (SSSR count). The van der Waals surface area contributed by atoms with Crippen molar-refractivity contribution in [2.24, 2.45) is 0 Å². The SMILES string of the molecule is CCOC(=O)c1cc(F)c(OC)nc1C(F)F. The molecule has 0 unspecified atom stereocenters. The molecule has 0 atom stereocenters. The number of nitrogens with zero attached hydrogens (tertiary/aromatic N) is 1. The third-order valence-electron chi connectivity index (χ3n) is 1.87. The summed E-state index contributed by atoms with van der Waals surface area (Å²) in [5, 5.41) is 0. The van der Waals surface area contributed by atoms with Gasteiger partial charge in [-0.15, -0.1) is 0 Å². The van der Waals surface area contributed by atoms with Gasteiger partial charge in [-0.2, -0.15) is 0 Å². The fraction of sp³-hybridized carbons (Fsp3) is 0.400. The molecule has 0 fully saturated rings. The van der Waals surface area contributed by atoms with E-state index in [-0.39, 0.29) is 6.61 Å². The molecule has 0 radical (unpaired) electrons. The summed E-state index contributed by atoms with van der Waals surface area (Å²) in [4.78, 5) is 14.6. The zero-order valence-electron chi connectivity index (χ0n) is 9.17. The predicted octanol–water partition coefficient (Wildman–Crippen LogP) is 2.34. The highest BCUT2D eigenvalue weighted by Gasteiger charge is 2.24. The first kappa shape index (κ1) is 13.3. The molecule has 0 aromatic carbocycles. The van der Waals surface area contributed by atoms with Crippen molar-refractivity contribution >= 4 is 5.97 Å². The van der Waals surface area contributed by atoms with Crippen LogP contribution in [-0.2, 0) is 4.74 Å². The average Bonchev–Trinajstić information content (AvgIpc) is 2.28. The molecule has 7 heteroatoms. The fourth-order valence-electron chi connectivity index (χ4n) is 1.17. The molecule has 0 saturated carbocycles. The molecule has 94 valence electrons. The van der Waals surface area contributed by atoms with Crippen LogP contribution in [0.15, 0.2) is 6.07 Å². The van der Waals surface area contributed by atoms with Gasteiger partial charge >= 0.3 is 5.97 Å². The van der Waals surface area contributed by atoms with Gasteiger partial charge in [0.1, 0.15) is 5.69 Å². The van der Waals surface area contributed by atoms with E-state index in [0.29, 0.717) is 6.07 Å². The molecule has 0 bridgehead atoms. The lowest BCUT2D eigenvalue weighted by atomic mass is 10.2. The fourth-order valence-corrected chi connectivity index (χ4v) is 1.17. The van der Waals surface area contributed by atoms with Crippen molar-refractivity contribution in [3.8, 4) is 5.88 Å². The third-order valence-corrected chi connectivity index (χ3v) is 1.87. The van der Waals surface area contributed by atoms with Crippen molar-refractivity contribution in [2.75, 3.05) is 13.7 Å². The second-order valence-electron chi connectivity index (χ2n) is 2.93. The van der Waals surface area contributed by atoms with Crippen LogP contribution < -0.4 is 4.74 Å². The normalized spacial score (nSPS) is 10.5. The van der Waals surface area contributed by atoms with Crippen LogP contribution in [0.2, 0.25) is 0 Å². The average molecular weight is 249 g/mol. The number of carbonyl (C=O) groups excluding carboxylic acids is 1. The maximum Gasteiger partial charge on any atom is 0.340 e. The number of hydrogen-bond acceptors (Lipinski definition) is 4. The summed E-state index contributed by atoms with van der Waals surface area (Å²) in [7, 11) is 1.09. The Balaban J connectivity index is 3.27. The molecule has 1 aromatic rings. The quantitative estimate of drug-likeness (QED) is 0.768. The lowest BCUT2D eigenvalue weighted by Gasteiger charge is -2.09. The Morgan fingerprint density at radius 3 is 2.65 bits per heavy atom. The summed E-state index contributed by atoms with van der Waals surface area (Å²) >= 11 is 0. The van der Waals surface area contributed by atoms with Gasteiger partial charge in [0.15, 0.2) is 5.82 Å². The molecule has 0 aliphatic heterocycles. The second-order valence-corrected chi connectivity index (χ2v) is 2.93. The lowest BCUT2D eigenvalue weighted by Crippen LogP contribution is -2.12. The zero-order chi connectivity index (χ0) is 13.0. The van der Waals surface area contributed by atoms with E-state index in [1.54, 1.807) is 0 Å². The standard InChI is InChI=1S/C10H10F3NO3/c1-3-17-10(15)5-4-6(11)9(16-2)14-7(5)8(12)13/h4,8H,3H2,1-2H3. The molecule has 0 aliphatic carbocycles. The van der Waals surface area contributed by atoms with Crippen molar-refractivity contribution in [1.29, 1.82) is 0 Å². The van der Waals surface area contributed by atoms with Crippen LogP contribution in [0.1, 0.15) is 29.4 Å². The van der Waals surface area contributed by atoms with Gasteiger partial charge in [-0.05, 0) is 13.0 Å². The molecule has 4 nitrogen and oxygen atoms in total. The maximum atomic E-state index is 13.3. The summed E-state index contributed by atoms with van der Waals surface area (Å²) in [6.45, 7) is 1.50. The topological polar surface area (TPSA) is 48.4 Å². The highest BCUT2D eigenvalue weighted by molar-refractivity contribution is 5.90. The Morgan fingerprint density at radius 1 is 1.53 bits per heavy atom. The Morgan fingerprint density at radius 2 is 2.18 bits per heavy atom. The van der Waals surface area contributed by atoms with E-state index in [9.17, 15) is 18.0 Å². The van der Waals surface area contributed by atoms with Crippen LogP contribution in [0, 0.1) is 5.82 Å². The van der Waals surface area contributed by atoms with Gasteiger partial charge in [0.05, 0.1) is 19.3 Å². The molecule has 1 heterocycles. The van der Waals surface area contributed by atoms with Crippen LogP contribution in [0.5, 0.6) is 5.88 Å². The number of alkyl halides is 2. The predicted molar refractivity (Wildman–Crippen MR) is 51.7 cm³/mol. The van der Waals surface area contributed by atoms with E-state index >= 15 is 0 Å². The van der Waals surface area contributed by atoms with E-state index in [1.165, 1.54) is 6.92 Å². The third kappa shape index (κ3) is 2.86. The minimum Gasteiger partial charge on any atom is -0.479 e. The Labute approximate surface area is 95.4 Å². The number of pyridine rings is 1. The first-order chi connectivity index (χ1) is 8.01. The minimum absolute atomic E-state index is 0.00480. The molecule has 0 spiro atoms. The number of halogens is 3. The highest BCUT2D eigenvalue weighted by Crippen LogP contribution is 2.26. The maximum absolute atomic E-state index is 13.3. The summed E-state index contributed by atoms with van der Waals surface area (Å²) < 4.78 is 47.5. The number of ether oxygens (including phenoxy) is 2. The Bertz CT molecular complexity index is 424. The van der Waals surface area contributed by atoms with Crippen LogP contribution >= 0.6 is 0 Å². The van der Waals surface area contributed by atoms with Crippen LogP contribution in [0.3, 0.4) is 0 Å². The summed E-state index contributed by atoms with van der Waals surface area (Å²) in [5.74, 6) is -2.63. The number of methoxy groups -OCH3 is 1. The molecular weight excluding hydrogens is 239 g/mol. The van der Waals surface area contributed by atoms with Crippen LogP contribution in [0.25, 0.3) is 0 Å². The minimum atomic E-state index is -3.02. The molecule has 0 aliphatic rings. The van der Waals surface area contributed by atoms with Crippen LogP contribution in [0.4, 0.5) is 13.2 Å². The van der Waals surface area contributed by atoms with E-state index in [4.69, 9.17) is 0 Å². The number of esters is 1. The van der Waals surface area contributed by atoms with Crippen molar-refractivity contribution in [3.63, 3.8) is 0 Å². The van der Waals surface area contributed by atoms with E-state index in [0.717, 1.165) is 7.11 Å². The number of rotatable bonds is 4. The van der Waals surface area contributed by atoms with Gasteiger partial charge in [-0.3, -0.25) is 0 Å². The molecule has 17 heavy (non-hydrogen) atoms. The Hall–Kier alpha value is -1.79. The summed E-state index contributed by atoms with van der Waals surface area (Å²) in [6, 6.07) is 0.630. The summed E-state index contributed by atoms with van der Waals surface area (Å²) in [5.41, 5.74) is -1.46. The second kappa shape index (κ2) is 5.51. The first-order valence-corrected chi connectivity index (χ1v) is 4.71. The van der Waals surface area contributed by atoms with Crippen molar-refractivity contribution in [3.05, 3.63) is 23.1 Å². The highest BCUT2D eigenvalue weighted by atomic mass is 19.3. The van der Waals surface area contributed by atoms with E-state index < -0.39 is 35.3 Å². The smallest absolute Gasteiger partial charge is 0.340 e. The monoisotopic (exact) mass is 249 g/mol. The van der Waals surface area contributed by atoms with Gasteiger partial charge in [-0.1, -0.05) is 0 Å². The van der Waals surface area contributed by atoms with Crippen molar-refractivity contribution in [1.82, 2.24) is 4.98 Å². The number of aromatic nitrogens is 1. The lowest BCUT2D eigenvalue weighted by molar-refractivity contribution is 0.0512. The van der Waals surface area contributed by atoms with Gasteiger partial charge < -0.3 is 9.47 Å². The van der Waals surface area contributed by atoms with Crippen LogP contribution in [-0.4, -0.2) is 24.7 Å². The van der Waals surface area contributed by atoms with Crippen molar-refractivity contribution < 1.29 is 27.4 Å². The summed E-state index contributed by atoms with van der Waals surface area (Å²) in [6.07, 6.45) is -3.02. The Kier molecular flexibility index (Phi) is 4.30. The number of hydrogen-bond donors (Lipinski definition) is 0. The van der Waals surface area contributed by atoms with Gasteiger partial charge in [0.25, 0.3) is 12.3 Å². The first-order valence-electron chi connectivity index (χ1n) is 4.71. The van der Waals surface area contributed by atoms with Gasteiger partial charge in [-0.25, -0.2) is 22.9 Å². The van der Waals surface area contributed by atoms with Gasteiger partial charge in [0.2, 0.25) is 0 Å². The largest absolute Gasteiger partial charge is 0.479 e. The van der Waals surface area contributed by atoms with E-state index in [1.807, 2.05) is 0 Å². The van der Waals surface area contributed by atoms with Crippen molar-refractivity contribution in [2.45, 2.75) is 13.3 Å². The zero-order valence-corrected chi connectivity index (χ0v) is 9.17. The molecule has 1 aromatic heterocycles. The molecule has 0 amide bonds. The molecule has 0 saturated heterocycles. The molecule has 0 N–H and O–H groups in total. The van der Waals surface area contributed by atoms with Gasteiger partial charge in [0, 0.05) is 0 Å². The molecular formula is C10H10F3NO3. The van der Waals surface area contributed by atoms with E-state index in [2.05, 4.69) is 14.5 Å².